The van der Waals surface area contributed by atoms with E-state index < -0.39 is 0 Å². The third-order valence-electron chi connectivity index (χ3n) is 3.71. The second-order valence-electron chi connectivity index (χ2n) is 5.29. The van der Waals surface area contributed by atoms with E-state index in [0.29, 0.717) is 0 Å². The normalized spacial score (nSPS) is 16.7. The molecule has 1 aromatic carbocycles. The van der Waals surface area contributed by atoms with Crippen LogP contribution in [0, 0.1) is 5.92 Å². The largest absolute Gasteiger partial charge is 0.493 e. The maximum atomic E-state index is 5.42. The van der Waals surface area contributed by atoms with Gasteiger partial charge in [0.1, 0.15) is 0 Å². The van der Waals surface area contributed by atoms with Gasteiger partial charge in [-0.05, 0) is 43.0 Å². The Hall–Kier alpha value is -1.42. The molecule has 1 saturated carbocycles. The molecule has 1 heterocycles. The predicted molar refractivity (Wildman–Crippen MR) is 72.8 cm³/mol. The first-order chi connectivity index (χ1) is 9.36. The van der Waals surface area contributed by atoms with Crippen molar-refractivity contribution >= 4 is 0 Å². The molecule has 0 spiro atoms. The Morgan fingerprint density at radius 1 is 1.32 bits per heavy atom. The summed E-state index contributed by atoms with van der Waals surface area (Å²) >= 11 is 0. The molecule has 1 aliphatic heterocycles. The molecule has 1 fully saturated rings. The average Bonchev–Trinajstić information content (AvgIpc) is 3.13. The lowest BCUT2D eigenvalue weighted by atomic mass is 10.1. The topological polar surface area (TPSA) is 39.7 Å². The van der Waals surface area contributed by atoms with Crippen LogP contribution < -0.4 is 19.5 Å². The number of fused-ring (bicyclic) bond motifs is 1. The van der Waals surface area contributed by atoms with E-state index in [9.17, 15) is 0 Å². The quantitative estimate of drug-likeness (QED) is 0.768. The van der Waals surface area contributed by atoms with Crippen LogP contribution in [0.2, 0.25) is 0 Å². The van der Waals surface area contributed by atoms with Crippen molar-refractivity contribution in [3.05, 3.63) is 17.7 Å². The van der Waals surface area contributed by atoms with Crippen LogP contribution in [0.5, 0.6) is 17.2 Å². The summed E-state index contributed by atoms with van der Waals surface area (Å²) in [6.07, 6.45) is 5.53. The minimum Gasteiger partial charge on any atom is -0.493 e. The molecule has 4 heteroatoms. The molecule has 0 amide bonds. The van der Waals surface area contributed by atoms with E-state index in [0.717, 1.165) is 36.3 Å². The minimum absolute atomic E-state index is 0.282. The van der Waals surface area contributed by atoms with Gasteiger partial charge in [0.2, 0.25) is 12.5 Å². The fraction of sp³-hybridized carbons (Fsp3) is 0.600. The lowest BCUT2D eigenvalue weighted by molar-refractivity contribution is 0.171. The summed E-state index contributed by atoms with van der Waals surface area (Å²) in [5, 5.41) is 3.48. The van der Waals surface area contributed by atoms with E-state index >= 15 is 0 Å². The second kappa shape index (κ2) is 5.70. The van der Waals surface area contributed by atoms with Gasteiger partial charge in [-0.15, -0.1) is 0 Å². The lowest BCUT2D eigenvalue weighted by Gasteiger charge is -2.09. The first-order valence-electron chi connectivity index (χ1n) is 7.04. The van der Waals surface area contributed by atoms with Crippen molar-refractivity contribution in [1.82, 2.24) is 5.32 Å². The molecule has 0 atom stereocenters. The summed E-state index contributed by atoms with van der Waals surface area (Å²) in [6.45, 7) is 2.20. The average molecular weight is 263 g/mol. The molecule has 0 unspecified atom stereocenters. The zero-order valence-corrected chi connectivity index (χ0v) is 11.4. The molecule has 19 heavy (non-hydrogen) atoms. The maximum absolute atomic E-state index is 5.42. The van der Waals surface area contributed by atoms with Crippen LogP contribution in [0.25, 0.3) is 0 Å². The number of nitrogens with one attached hydrogen (secondary N) is 1. The number of ether oxygens (including phenoxy) is 3. The van der Waals surface area contributed by atoms with Crippen LogP contribution in [0.1, 0.15) is 31.2 Å². The molecule has 1 aromatic rings. The SMILES string of the molecule is COc1cc(CNCCCC2CC2)cc2c1OCO2. The molecule has 0 radical (unpaired) electrons. The van der Waals surface area contributed by atoms with Crippen LogP contribution in [0.4, 0.5) is 0 Å². The highest BCUT2D eigenvalue weighted by Gasteiger charge is 2.21. The predicted octanol–water partition coefficient (Wildman–Crippen LogP) is 2.70. The molecule has 1 aliphatic carbocycles. The fourth-order valence-corrected chi connectivity index (χ4v) is 2.44. The lowest BCUT2D eigenvalue weighted by Crippen LogP contribution is -2.14. The van der Waals surface area contributed by atoms with Gasteiger partial charge in [0.25, 0.3) is 0 Å². The van der Waals surface area contributed by atoms with Gasteiger partial charge in [-0.3, -0.25) is 0 Å². The van der Waals surface area contributed by atoms with Gasteiger partial charge >= 0.3 is 0 Å². The van der Waals surface area contributed by atoms with Gasteiger partial charge in [0, 0.05) is 6.54 Å². The summed E-state index contributed by atoms with van der Waals surface area (Å²) in [5.74, 6) is 3.28. The van der Waals surface area contributed by atoms with Gasteiger partial charge in [-0.2, -0.15) is 0 Å². The highest BCUT2D eigenvalue weighted by Crippen LogP contribution is 2.41. The molecule has 0 saturated heterocycles. The Kier molecular flexibility index (Phi) is 3.78. The van der Waals surface area contributed by atoms with Crippen molar-refractivity contribution in [2.24, 2.45) is 5.92 Å². The number of hydrogen-bond acceptors (Lipinski definition) is 4. The van der Waals surface area contributed by atoms with Crippen LogP contribution in [-0.4, -0.2) is 20.4 Å². The van der Waals surface area contributed by atoms with Gasteiger partial charge < -0.3 is 19.5 Å². The Morgan fingerprint density at radius 2 is 2.21 bits per heavy atom. The van der Waals surface area contributed by atoms with Gasteiger partial charge in [-0.25, -0.2) is 0 Å². The first kappa shape index (κ1) is 12.6. The Balaban J connectivity index is 1.52. The second-order valence-corrected chi connectivity index (χ2v) is 5.29. The summed E-state index contributed by atoms with van der Waals surface area (Å²) in [5.41, 5.74) is 1.17. The Bertz CT molecular complexity index is 443. The molecular weight excluding hydrogens is 242 g/mol. The molecule has 3 rings (SSSR count). The monoisotopic (exact) mass is 263 g/mol. The zero-order chi connectivity index (χ0) is 13.1. The van der Waals surface area contributed by atoms with Crippen LogP contribution in [-0.2, 0) is 6.54 Å². The molecule has 1 N–H and O–H groups in total. The fourth-order valence-electron chi connectivity index (χ4n) is 2.44. The van der Waals surface area contributed by atoms with E-state index in [-0.39, 0.29) is 6.79 Å². The van der Waals surface area contributed by atoms with Gasteiger partial charge in [-0.1, -0.05) is 12.8 Å². The van der Waals surface area contributed by atoms with Crippen molar-refractivity contribution < 1.29 is 14.2 Å². The van der Waals surface area contributed by atoms with Crippen LogP contribution in [0.3, 0.4) is 0 Å². The molecule has 0 bridgehead atoms. The number of benzene rings is 1. The molecule has 0 aromatic heterocycles. The van der Waals surface area contributed by atoms with E-state index in [1.54, 1.807) is 7.11 Å². The van der Waals surface area contributed by atoms with Gasteiger partial charge in [0.05, 0.1) is 7.11 Å². The van der Waals surface area contributed by atoms with Crippen molar-refractivity contribution in [1.29, 1.82) is 0 Å². The molecular formula is C15H21NO3. The van der Waals surface area contributed by atoms with Crippen molar-refractivity contribution in [2.75, 3.05) is 20.4 Å². The van der Waals surface area contributed by atoms with Crippen molar-refractivity contribution in [2.45, 2.75) is 32.2 Å². The van der Waals surface area contributed by atoms with Crippen LogP contribution >= 0.6 is 0 Å². The van der Waals surface area contributed by atoms with E-state index in [1.165, 1.54) is 31.2 Å². The summed E-state index contributed by atoms with van der Waals surface area (Å²) < 4.78 is 16.1. The van der Waals surface area contributed by atoms with E-state index in [4.69, 9.17) is 14.2 Å². The number of methoxy groups -OCH3 is 1. The van der Waals surface area contributed by atoms with E-state index in [1.807, 2.05) is 12.1 Å². The van der Waals surface area contributed by atoms with E-state index in [2.05, 4.69) is 5.32 Å². The van der Waals surface area contributed by atoms with Crippen LogP contribution in [0.15, 0.2) is 12.1 Å². The molecule has 104 valence electrons. The Morgan fingerprint density at radius 3 is 3.00 bits per heavy atom. The molecule has 2 aliphatic rings. The highest BCUT2D eigenvalue weighted by atomic mass is 16.7. The number of rotatable bonds is 7. The van der Waals surface area contributed by atoms with Gasteiger partial charge in [0.15, 0.2) is 11.5 Å². The zero-order valence-electron chi connectivity index (χ0n) is 11.4. The third kappa shape index (κ3) is 3.13. The summed E-state index contributed by atoms with van der Waals surface area (Å²) in [7, 11) is 1.66. The maximum Gasteiger partial charge on any atom is 0.231 e. The first-order valence-corrected chi connectivity index (χ1v) is 7.04. The summed E-state index contributed by atoms with van der Waals surface area (Å²) in [4.78, 5) is 0. The van der Waals surface area contributed by atoms with Crippen molar-refractivity contribution in [3.63, 3.8) is 0 Å². The van der Waals surface area contributed by atoms with Crippen molar-refractivity contribution in [3.8, 4) is 17.2 Å². The number of hydrogen-bond donors (Lipinski definition) is 1. The smallest absolute Gasteiger partial charge is 0.231 e. The molecule has 4 nitrogen and oxygen atoms in total. The third-order valence-corrected chi connectivity index (χ3v) is 3.71. The standard InChI is InChI=1S/C15H21NO3/c1-17-13-7-12(8-14-15(13)19-10-18-14)9-16-6-2-3-11-4-5-11/h7-8,11,16H,2-6,9-10H2,1H3. The highest BCUT2D eigenvalue weighted by molar-refractivity contribution is 5.55. The minimum atomic E-state index is 0.282. The Labute approximate surface area is 114 Å². The summed E-state index contributed by atoms with van der Waals surface area (Å²) in [6, 6.07) is 4.04.